The lowest BCUT2D eigenvalue weighted by Crippen LogP contribution is -2.46. The summed E-state index contributed by atoms with van der Waals surface area (Å²) in [6, 6.07) is 9.30. The minimum Gasteiger partial charge on any atom is -0.481 e. The number of rotatable bonds is 3. The van der Waals surface area contributed by atoms with Gasteiger partial charge in [0, 0.05) is 37.6 Å². The van der Waals surface area contributed by atoms with Crippen molar-refractivity contribution in [3.8, 4) is 5.88 Å². The number of pyridine rings is 1. The van der Waals surface area contributed by atoms with Crippen molar-refractivity contribution in [2.45, 2.75) is 25.7 Å². The zero-order chi connectivity index (χ0) is 18.8. The van der Waals surface area contributed by atoms with Crippen LogP contribution in [0.3, 0.4) is 0 Å². The first-order chi connectivity index (χ1) is 13.2. The molecule has 2 aliphatic heterocycles. The summed E-state index contributed by atoms with van der Waals surface area (Å²) in [5, 5.41) is 0.816. The second-order valence-corrected chi connectivity index (χ2v) is 7.35. The summed E-state index contributed by atoms with van der Waals surface area (Å²) in [7, 11) is 1.55. The van der Waals surface area contributed by atoms with Gasteiger partial charge in [0.05, 0.1) is 24.1 Å². The fourth-order valence-electron chi connectivity index (χ4n) is 4.16. The highest BCUT2D eigenvalue weighted by Gasteiger charge is 2.33. The molecule has 2 fully saturated rings. The van der Waals surface area contributed by atoms with Crippen molar-refractivity contribution in [2.24, 2.45) is 5.92 Å². The average molecular weight is 367 g/mol. The molecule has 2 aromatic rings. The summed E-state index contributed by atoms with van der Waals surface area (Å²) in [6.45, 7) is 2.89. The fraction of sp³-hybridized carbons (Fsp3) is 0.476. The van der Waals surface area contributed by atoms with E-state index < -0.39 is 0 Å². The van der Waals surface area contributed by atoms with E-state index in [0.717, 1.165) is 49.7 Å². The van der Waals surface area contributed by atoms with Crippen molar-refractivity contribution in [3.05, 3.63) is 35.9 Å². The predicted octanol–water partition coefficient (Wildman–Crippen LogP) is 2.72. The summed E-state index contributed by atoms with van der Waals surface area (Å²) in [4.78, 5) is 34.3. The number of carbonyl (C=O) groups excluding carboxylic acids is 2. The van der Waals surface area contributed by atoms with E-state index in [2.05, 4.69) is 4.98 Å². The molecule has 2 aliphatic rings. The van der Waals surface area contributed by atoms with Gasteiger partial charge < -0.3 is 14.5 Å². The van der Waals surface area contributed by atoms with Crippen LogP contribution >= 0.6 is 0 Å². The number of amides is 2. The number of ether oxygens (including phenoxy) is 1. The van der Waals surface area contributed by atoms with E-state index in [4.69, 9.17) is 4.74 Å². The normalized spacial score (nSPS) is 20.1. The van der Waals surface area contributed by atoms with Crippen molar-refractivity contribution >= 4 is 22.7 Å². The van der Waals surface area contributed by atoms with Crippen LogP contribution in [-0.2, 0) is 4.79 Å². The Morgan fingerprint density at radius 2 is 1.81 bits per heavy atom. The topological polar surface area (TPSA) is 62.7 Å². The molecule has 1 aromatic carbocycles. The lowest BCUT2D eigenvalue weighted by molar-refractivity contribution is -0.135. The van der Waals surface area contributed by atoms with Crippen molar-refractivity contribution in [1.29, 1.82) is 0 Å². The van der Waals surface area contributed by atoms with Gasteiger partial charge in [-0.1, -0.05) is 18.2 Å². The Morgan fingerprint density at radius 1 is 1.07 bits per heavy atom. The van der Waals surface area contributed by atoms with Gasteiger partial charge in [0.2, 0.25) is 11.8 Å². The number of aromatic nitrogens is 1. The number of para-hydroxylation sites is 1. The van der Waals surface area contributed by atoms with Crippen LogP contribution in [0.15, 0.2) is 30.3 Å². The Hall–Kier alpha value is -2.63. The zero-order valence-corrected chi connectivity index (χ0v) is 15.7. The van der Waals surface area contributed by atoms with Gasteiger partial charge in [0.1, 0.15) is 0 Å². The second-order valence-electron chi connectivity index (χ2n) is 7.35. The van der Waals surface area contributed by atoms with Crippen molar-refractivity contribution in [1.82, 2.24) is 14.8 Å². The van der Waals surface area contributed by atoms with Gasteiger partial charge in [0.25, 0.3) is 5.91 Å². The fourth-order valence-corrected chi connectivity index (χ4v) is 4.16. The largest absolute Gasteiger partial charge is 0.481 e. The molecule has 1 aromatic heterocycles. The third-order valence-corrected chi connectivity index (χ3v) is 5.61. The van der Waals surface area contributed by atoms with E-state index in [-0.39, 0.29) is 17.7 Å². The smallest absolute Gasteiger partial charge is 0.254 e. The molecule has 27 heavy (non-hydrogen) atoms. The third kappa shape index (κ3) is 3.48. The molecule has 1 atom stereocenters. The quantitative estimate of drug-likeness (QED) is 0.837. The van der Waals surface area contributed by atoms with Crippen LogP contribution in [0.2, 0.25) is 0 Å². The van der Waals surface area contributed by atoms with E-state index in [1.165, 1.54) is 0 Å². The summed E-state index contributed by atoms with van der Waals surface area (Å²) in [6.07, 6.45) is 3.89. The van der Waals surface area contributed by atoms with E-state index in [9.17, 15) is 9.59 Å². The second kappa shape index (κ2) is 7.55. The van der Waals surface area contributed by atoms with Gasteiger partial charge in [0.15, 0.2) is 0 Å². The van der Waals surface area contributed by atoms with Gasteiger partial charge in [-0.2, -0.15) is 0 Å². The molecule has 0 aliphatic carbocycles. The molecular formula is C21H25N3O3. The minimum atomic E-state index is -0.0872. The van der Waals surface area contributed by atoms with Gasteiger partial charge in [-0.15, -0.1) is 0 Å². The highest BCUT2D eigenvalue weighted by molar-refractivity contribution is 6.06. The summed E-state index contributed by atoms with van der Waals surface area (Å²) >= 11 is 0. The highest BCUT2D eigenvalue weighted by atomic mass is 16.5. The van der Waals surface area contributed by atoms with Crippen LogP contribution in [0.1, 0.15) is 36.0 Å². The average Bonchev–Trinajstić information content (AvgIpc) is 3.26. The predicted molar refractivity (Wildman–Crippen MR) is 103 cm³/mol. The number of nitrogens with zero attached hydrogens (tertiary/aromatic N) is 3. The van der Waals surface area contributed by atoms with Gasteiger partial charge >= 0.3 is 0 Å². The van der Waals surface area contributed by atoms with Crippen molar-refractivity contribution < 1.29 is 14.3 Å². The molecule has 1 unspecified atom stereocenters. The Bertz CT molecular complexity index is 861. The lowest BCUT2D eigenvalue weighted by atomic mass is 9.95. The van der Waals surface area contributed by atoms with E-state index >= 15 is 0 Å². The first-order valence-corrected chi connectivity index (χ1v) is 9.69. The number of benzene rings is 1. The molecule has 0 bridgehead atoms. The minimum absolute atomic E-state index is 0.0502. The summed E-state index contributed by atoms with van der Waals surface area (Å²) in [5.74, 6) is 0.502. The molecule has 4 rings (SSSR count). The molecule has 142 valence electrons. The number of likely N-dealkylation sites (tertiary alicyclic amines) is 2. The van der Waals surface area contributed by atoms with Crippen LogP contribution in [0.5, 0.6) is 5.88 Å². The highest BCUT2D eigenvalue weighted by Crippen LogP contribution is 2.27. The van der Waals surface area contributed by atoms with Gasteiger partial charge in [-0.05, 0) is 31.7 Å². The lowest BCUT2D eigenvalue weighted by Gasteiger charge is -2.34. The molecule has 2 saturated heterocycles. The van der Waals surface area contributed by atoms with Crippen LogP contribution in [0.4, 0.5) is 0 Å². The number of piperidine rings is 1. The maximum absolute atomic E-state index is 13.3. The summed E-state index contributed by atoms with van der Waals surface area (Å²) in [5.41, 5.74) is 1.33. The number of methoxy groups -OCH3 is 1. The molecule has 0 radical (unpaired) electrons. The summed E-state index contributed by atoms with van der Waals surface area (Å²) < 4.78 is 5.28. The Labute approximate surface area is 159 Å². The first kappa shape index (κ1) is 17.8. The molecule has 0 saturated carbocycles. The van der Waals surface area contributed by atoms with Crippen molar-refractivity contribution in [3.63, 3.8) is 0 Å². The van der Waals surface area contributed by atoms with E-state index in [1.807, 2.05) is 34.1 Å². The third-order valence-electron chi connectivity index (χ3n) is 5.61. The maximum atomic E-state index is 13.3. The molecule has 6 heteroatoms. The van der Waals surface area contributed by atoms with E-state index in [0.29, 0.717) is 24.5 Å². The van der Waals surface area contributed by atoms with Crippen LogP contribution in [-0.4, -0.2) is 59.9 Å². The van der Waals surface area contributed by atoms with Crippen LogP contribution in [0.25, 0.3) is 10.9 Å². The van der Waals surface area contributed by atoms with E-state index in [1.54, 1.807) is 13.2 Å². The monoisotopic (exact) mass is 367 g/mol. The Balaban J connectivity index is 1.59. The molecule has 0 N–H and O–H groups in total. The first-order valence-electron chi connectivity index (χ1n) is 9.69. The standard InChI is InChI=1S/C21H25N3O3/c1-27-19-13-17(16-8-2-3-9-18(16)22-19)21(26)24-12-6-7-15(14-24)20(25)23-10-4-5-11-23/h2-3,8-9,13,15H,4-7,10-12,14H2,1H3. The number of fused-ring (bicyclic) bond motifs is 1. The Morgan fingerprint density at radius 3 is 2.59 bits per heavy atom. The Kier molecular flexibility index (Phi) is 4.97. The number of hydrogen-bond acceptors (Lipinski definition) is 4. The SMILES string of the molecule is COc1cc(C(=O)N2CCCC(C(=O)N3CCCC3)C2)c2ccccc2n1. The van der Waals surface area contributed by atoms with Crippen molar-refractivity contribution in [2.75, 3.05) is 33.3 Å². The zero-order valence-electron chi connectivity index (χ0n) is 15.7. The molecule has 0 spiro atoms. The molecule has 2 amide bonds. The van der Waals surface area contributed by atoms with Crippen LogP contribution in [0, 0.1) is 5.92 Å². The number of hydrogen-bond donors (Lipinski definition) is 0. The van der Waals surface area contributed by atoms with Crippen LogP contribution < -0.4 is 4.74 Å². The maximum Gasteiger partial charge on any atom is 0.254 e. The number of carbonyl (C=O) groups is 2. The van der Waals surface area contributed by atoms with Gasteiger partial charge in [-0.3, -0.25) is 9.59 Å². The molecule has 6 nitrogen and oxygen atoms in total. The molecule has 3 heterocycles. The molecular weight excluding hydrogens is 342 g/mol. The van der Waals surface area contributed by atoms with Gasteiger partial charge in [-0.25, -0.2) is 4.98 Å².